The second kappa shape index (κ2) is 4.46. The summed E-state index contributed by atoms with van der Waals surface area (Å²) in [6.07, 6.45) is 0.808. The number of carbonyl (C=O) groups is 1. The van der Waals surface area contributed by atoms with E-state index < -0.39 is 5.60 Å². The molecule has 2 aliphatic heterocycles. The molecule has 98 valence electrons. The Morgan fingerprint density at radius 1 is 1.41 bits per heavy atom. The normalized spacial score (nSPS) is 24.1. The van der Waals surface area contributed by atoms with Crippen molar-refractivity contribution >= 4 is 6.09 Å². The quantitative estimate of drug-likeness (QED) is 0.688. The Balaban J connectivity index is 1.83. The average molecular weight is 242 g/mol. The summed E-state index contributed by atoms with van der Waals surface area (Å²) in [5.41, 5.74) is -0.458. The summed E-state index contributed by atoms with van der Waals surface area (Å²) in [4.78, 5) is 13.5. The van der Waals surface area contributed by atoms with Crippen molar-refractivity contribution in [2.24, 2.45) is 0 Å². The first-order valence-electron chi connectivity index (χ1n) is 6.21. The number of amides is 1. The number of carbonyl (C=O) groups excluding carboxylic acids is 1. The molecule has 0 saturated carbocycles. The second-order valence-corrected chi connectivity index (χ2v) is 5.95. The van der Waals surface area contributed by atoms with Crippen molar-refractivity contribution in [1.29, 1.82) is 0 Å². The molecule has 1 N–H and O–H groups in total. The van der Waals surface area contributed by atoms with Gasteiger partial charge >= 0.3 is 6.09 Å². The molecule has 2 aliphatic rings. The number of nitrogens with zero attached hydrogens (tertiary/aromatic N) is 1. The fourth-order valence-electron chi connectivity index (χ4n) is 2.19. The number of ether oxygens (including phenoxy) is 2. The molecule has 0 bridgehead atoms. The SMILES string of the molecule is CC(C)(C)OC(=O)N1CC2(COCCCN2)C1. The number of hydrogen-bond donors (Lipinski definition) is 1. The van der Waals surface area contributed by atoms with Gasteiger partial charge in [0.25, 0.3) is 0 Å². The minimum atomic E-state index is -0.423. The van der Waals surface area contributed by atoms with Crippen LogP contribution in [0.2, 0.25) is 0 Å². The van der Waals surface area contributed by atoms with E-state index in [9.17, 15) is 4.79 Å². The van der Waals surface area contributed by atoms with E-state index in [1.54, 1.807) is 4.90 Å². The van der Waals surface area contributed by atoms with Gasteiger partial charge in [-0.05, 0) is 33.7 Å². The molecule has 0 aromatic rings. The predicted molar refractivity (Wildman–Crippen MR) is 64.0 cm³/mol. The van der Waals surface area contributed by atoms with Gasteiger partial charge in [-0.2, -0.15) is 0 Å². The Morgan fingerprint density at radius 3 is 2.76 bits per heavy atom. The minimum absolute atomic E-state index is 0.0343. The van der Waals surface area contributed by atoms with E-state index in [1.165, 1.54) is 0 Å². The van der Waals surface area contributed by atoms with Crippen molar-refractivity contribution in [2.45, 2.75) is 38.3 Å². The molecular weight excluding hydrogens is 220 g/mol. The van der Waals surface area contributed by atoms with Gasteiger partial charge in [0.1, 0.15) is 5.60 Å². The molecule has 0 aliphatic carbocycles. The highest BCUT2D eigenvalue weighted by molar-refractivity contribution is 5.69. The monoisotopic (exact) mass is 242 g/mol. The summed E-state index contributed by atoms with van der Waals surface area (Å²) in [6.45, 7) is 9.47. The van der Waals surface area contributed by atoms with Crippen molar-refractivity contribution in [3.8, 4) is 0 Å². The van der Waals surface area contributed by atoms with Crippen LogP contribution in [0.4, 0.5) is 4.79 Å². The Kier molecular flexibility index (Phi) is 3.32. The maximum Gasteiger partial charge on any atom is 0.410 e. The summed E-state index contributed by atoms with van der Waals surface area (Å²) < 4.78 is 10.9. The maximum absolute atomic E-state index is 11.8. The Bertz CT molecular complexity index is 283. The smallest absolute Gasteiger partial charge is 0.410 e. The molecule has 1 amide bonds. The topological polar surface area (TPSA) is 50.8 Å². The molecule has 0 atom stereocenters. The molecule has 5 nitrogen and oxygen atoms in total. The third-order valence-electron chi connectivity index (χ3n) is 2.98. The summed E-state index contributed by atoms with van der Waals surface area (Å²) in [5.74, 6) is 0. The van der Waals surface area contributed by atoms with Gasteiger partial charge in [0.2, 0.25) is 0 Å². The van der Waals surface area contributed by atoms with Crippen LogP contribution in [0.1, 0.15) is 27.2 Å². The molecule has 0 aromatic carbocycles. The Hall–Kier alpha value is -0.810. The van der Waals surface area contributed by atoms with E-state index in [0.29, 0.717) is 19.7 Å². The lowest BCUT2D eigenvalue weighted by molar-refractivity contribution is -0.0367. The van der Waals surface area contributed by atoms with E-state index in [-0.39, 0.29) is 11.6 Å². The van der Waals surface area contributed by atoms with Crippen molar-refractivity contribution < 1.29 is 14.3 Å². The highest BCUT2D eigenvalue weighted by atomic mass is 16.6. The van der Waals surface area contributed by atoms with Crippen LogP contribution in [0, 0.1) is 0 Å². The van der Waals surface area contributed by atoms with Crippen LogP contribution in [0.3, 0.4) is 0 Å². The summed E-state index contributed by atoms with van der Waals surface area (Å²) in [5, 5.41) is 3.47. The third-order valence-corrected chi connectivity index (χ3v) is 2.98. The second-order valence-electron chi connectivity index (χ2n) is 5.95. The third kappa shape index (κ3) is 3.10. The van der Waals surface area contributed by atoms with Gasteiger partial charge in [-0.3, -0.25) is 0 Å². The van der Waals surface area contributed by atoms with E-state index in [0.717, 1.165) is 19.6 Å². The fraction of sp³-hybridized carbons (Fsp3) is 0.917. The molecule has 2 saturated heterocycles. The van der Waals surface area contributed by atoms with Crippen molar-refractivity contribution in [1.82, 2.24) is 10.2 Å². The largest absolute Gasteiger partial charge is 0.444 e. The number of nitrogens with one attached hydrogen (secondary N) is 1. The van der Waals surface area contributed by atoms with E-state index >= 15 is 0 Å². The van der Waals surface area contributed by atoms with E-state index in [2.05, 4.69) is 5.32 Å². The predicted octanol–water partition coefficient (Wildman–Crippen LogP) is 0.986. The average Bonchev–Trinajstić information content (AvgIpc) is 2.36. The first kappa shape index (κ1) is 12.6. The van der Waals surface area contributed by atoms with Gasteiger partial charge in [-0.1, -0.05) is 0 Å². The molecule has 1 spiro atoms. The van der Waals surface area contributed by atoms with Crippen LogP contribution < -0.4 is 5.32 Å². The van der Waals surface area contributed by atoms with E-state index in [4.69, 9.17) is 9.47 Å². The lowest BCUT2D eigenvalue weighted by atomic mass is 9.91. The summed E-state index contributed by atoms with van der Waals surface area (Å²) in [7, 11) is 0. The zero-order valence-corrected chi connectivity index (χ0v) is 10.9. The molecule has 0 unspecified atom stereocenters. The Labute approximate surface area is 102 Å². The first-order valence-corrected chi connectivity index (χ1v) is 6.21. The molecular formula is C12H22N2O3. The van der Waals surface area contributed by atoms with Crippen LogP contribution >= 0.6 is 0 Å². The lowest BCUT2D eigenvalue weighted by Crippen LogP contribution is -2.72. The van der Waals surface area contributed by atoms with Crippen LogP contribution in [0.25, 0.3) is 0 Å². The van der Waals surface area contributed by atoms with Crippen molar-refractivity contribution in [2.75, 3.05) is 32.8 Å². The maximum atomic E-state index is 11.8. The van der Waals surface area contributed by atoms with Crippen LogP contribution in [0.15, 0.2) is 0 Å². The zero-order valence-electron chi connectivity index (χ0n) is 10.9. The highest BCUT2D eigenvalue weighted by Crippen LogP contribution is 2.25. The molecule has 0 aromatic heterocycles. The van der Waals surface area contributed by atoms with Crippen LogP contribution in [0.5, 0.6) is 0 Å². The summed E-state index contributed by atoms with van der Waals surface area (Å²) in [6, 6.07) is 0. The first-order chi connectivity index (χ1) is 7.90. The van der Waals surface area contributed by atoms with E-state index in [1.807, 2.05) is 20.8 Å². The summed E-state index contributed by atoms with van der Waals surface area (Å²) >= 11 is 0. The zero-order chi connectivity index (χ0) is 12.5. The van der Waals surface area contributed by atoms with Gasteiger partial charge in [0.05, 0.1) is 12.1 Å². The van der Waals surface area contributed by atoms with Crippen molar-refractivity contribution in [3.05, 3.63) is 0 Å². The van der Waals surface area contributed by atoms with Crippen LogP contribution in [-0.2, 0) is 9.47 Å². The number of hydrogen-bond acceptors (Lipinski definition) is 4. The number of rotatable bonds is 0. The number of likely N-dealkylation sites (tertiary alicyclic amines) is 1. The Morgan fingerprint density at radius 2 is 2.12 bits per heavy atom. The van der Waals surface area contributed by atoms with Crippen LogP contribution in [-0.4, -0.2) is 55.0 Å². The molecule has 2 fully saturated rings. The fourth-order valence-corrected chi connectivity index (χ4v) is 2.19. The molecule has 5 heteroatoms. The highest BCUT2D eigenvalue weighted by Gasteiger charge is 2.46. The van der Waals surface area contributed by atoms with Crippen molar-refractivity contribution in [3.63, 3.8) is 0 Å². The standard InChI is InChI=1S/C12H22N2O3/c1-11(2,3)17-10(15)14-7-12(8-14)9-16-6-4-5-13-12/h13H,4-9H2,1-3H3. The van der Waals surface area contributed by atoms with Gasteiger partial charge in [-0.25, -0.2) is 4.79 Å². The molecule has 17 heavy (non-hydrogen) atoms. The lowest BCUT2D eigenvalue weighted by Gasteiger charge is -2.49. The van der Waals surface area contributed by atoms with Gasteiger partial charge < -0.3 is 19.7 Å². The van der Waals surface area contributed by atoms with Gasteiger partial charge in [-0.15, -0.1) is 0 Å². The minimum Gasteiger partial charge on any atom is -0.444 e. The van der Waals surface area contributed by atoms with Gasteiger partial charge in [0.15, 0.2) is 0 Å². The van der Waals surface area contributed by atoms with Gasteiger partial charge in [0, 0.05) is 19.7 Å². The molecule has 2 rings (SSSR count). The molecule has 2 heterocycles. The molecule has 0 radical (unpaired) electrons.